The number of aromatic nitrogens is 3. The average Bonchev–Trinajstić information content (AvgIpc) is 2.45. The first kappa shape index (κ1) is 7.72. The molecule has 0 aliphatic rings. The van der Waals surface area contributed by atoms with Gasteiger partial charge in [-0.15, -0.1) is 4.85 Å². The second-order valence-corrected chi connectivity index (χ2v) is 2.67. The molecule has 2 rings (SSSR count). The van der Waals surface area contributed by atoms with E-state index in [2.05, 4.69) is 5.10 Å². The van der Waals surface area contributed by atoms with Crippen LogP contribution in [0.25, 0.3) is 11.0 Å². The Balaban J connectivity index is 2.81. The molecule has 0 N–H and O–H groups in total. The van der Waals surface area contributed by atoms with Crippen molar-refractivity contribution in [2.24, 2.45) is 0 Å². The first-order chi connectivity index (χ1) is 6.20. The first-order valence-corrected chi connectivity index (χ1v) is 3.78. The average molecular weight is 177 g/mol. The highest BCUT2D eigenvalue weighted by atomic mass is 16.5. The molecule has 0 amide bonds. The summed E-state index contributed by atoms with van der Waals surface area (Å²) in [4.78, 5) is 12.2. The fourth-order valence-corrected chi connectivity index (χ4v) is 1.15. The lowest BCUT2D eigenvalue weighted by molar-refractivity contribution is -0.662. The van der Waals surface area contributed by atoms with Crippen molar-refractivity contribution < 1.29 is 9.64 Å². The van der Waals surface area contributed by atoms with Crippen molar-refractivity contribution in [3.8, 4) is 0 Å². The third-order valence-electron chi connectivity index (χ3n) is 1.74. The molecule has 0 unspecified atom stereocenters. The highest BCUT2D eigenvalue weighted by molar-refractivity contribution is 5.77. The molecule has 0 saturated heterocycles. The van der Waals surface area contributed by atoms with Crippen LogP contribution in [0.3, 0.4) is 0 Å². The van der Waals surface area contributed by atoms with Gasteiger partial charge in [0.1, 0.15) is 0 Å². The Hall–Kier alpha value is -1.91. The van der Waals surface area contributed by atoms with Crippen LogP contribution >= 0.6 is 0 Å². The fraction of sp³-hybridized carbons (Fsp3) is 0.125. The predicted molar refractivity (Wildman–Crippen MR) is 45.0 cm³/mol. The Bertz CT molecular complexity index is 475. The minimum atomic E-state index is -0.397. The molecule has 0 atom stereocenters. The molecule has 0 fully saturated rings. The molecule has 0 aliphatic heterocycles. The van der Waals surface area contributed by atoms with Crippen molar-refractivity contribution in [2.75, 3.05) is 0 Å². The lowest BCUT2D eigenvalue weighted by Gasteiger charge is -1.98. The molecule has 1 aromatic heterocycles. The van der Waals surface area contributed by atoms with Gasteiger partial charge in [0, 0.05) is 11.7 Å². The lowest BCUT2D eigenvalue weighted by Crippen LogP contribution is -2.41. The zero-order valence-corrected chi connectivity index (χ0v) is 6.97. The van der Waals surface area contributed by atoms with Crippen molar-refractivity contribution in [3.05, 3.63) is 29.5 Å². The number of rotatable bonds is 0. The number of fused-ring (bicyclic) bond motifs is 1. The molecule has 0 radical (unpaired) electrons. The van der Waals surface area contributed by atoms with E-state index < -0.39 is 5.91 Å². The lowest BCUT2D eigenvalue weighted by atomic mass is 10.3. The van der Waals surface area contributed by atoms with Gasteiger partial charge < -0.3 is 5.21 Å². The molecule has 5 nitrogen and oxygen atoms in total. The molecular weight excluding hydrogens is 170 g/mol. The van der Waals surface area contributed by atoms with Gasteiger partial charge in [-0.25, -0.2) is 0 Å². The molecule has 0 aliphatic carbocycles. The monoisotopic (exact) mass is 177 g/mol. The van der Waals surface area contributed by atoms with Crippen molar-refractivity contribution >= 4 is 16.9 Å². The van der Waals surface area contributed by atoms with Gasteiger partial charge in [0.15, 0.2) is 0 Å². The zero-order chi connectivity index (χ0) is 9.42. The molecule has 0 saturated carbocycles. The second kappa shape index (κ2) is 2.55. The maximum Gasteiger partial charge on any atom is 0.303 e. The Morgan fingerprint density at radius 2 is 2.23 bits per heavy atom. The highest BCUT2D eigenvalue weighted by Crippen LogP contribution is 2.04. The maximum absolute atomic E-state index is 11.4. The third kappa shape index (κ3) is 1.05. The van der Waals surface area contributed by atoms with Crippen LogP contribution in [0, 0.1) is 5.21 Å². The largest absolute Gasteiger partial charge is 0.692 e. The van der Waals surface area contributed by atoms with Crippen molar-refractivity contribution in [2.45, 2.75) is 6.92 Å². The van der Waals surface area contributed by atoms with Crippen LogP contribution in [0.1, 0.15) is 11.7 Å². The molecule has 1 aromatic carbocycles. The van der Waals surface area contributed by atoms with Crippen molar-refractivity contribution in [1.82, 2.24) is 9.90 Å². The first-order valence-electron chi connectivity index (χ1n) is 3.78. The molecule has 66 valence electrons. The SMILES string of the molecule is CC(=O)n1nc2ccccc2[n+]1[O-]. The minimum Gasteiger partial charge on any atom is -0.692 e. The van der Waals surface area contributed by atoms with Crippen LogP contribution in [0.15, 0.2) is 24.3 Å². The van der Waals surface area contributed by atoms with E-state index in [4.69, 9.17) is 0 Å². The number of nitrogens with zero attached hydrogens (tertiary/aromatic N) is 3. The summed E-state index contributed by atoms with van der Waals surface area (Å²) in [5, 5.41) is 15.2. The van der Waals surface area contributed by atoms with E-state index in [1.54, 1.807) is 24.3 Å². The number of para-hydroxylation sites is 1. The smallest absolute Gasteiger partial charge is 0.303 e. The quantitative estimate of drug-likeness (QED) is 0.430. The van der Waals surface area contributed by atoms with E-state index in [0.717, 1.165) is 4.80 Å². The Labute approximate surface area is 73.8 Å². The summed E-state index contributed by atoms with van der Waals surface area (Å²) in [6, 6.07) is 6.79. The summed E-state index contributed by atoms with van der Waals surface area (Å²) in [7, 11) is 0. The van der Waals surface area contributed by atoms with E-state index in [1.807, 2.05) is 0 Å². The fourth-order valence-electron chi connectivity index (χ4n) is 1.15. The molecule has 1 heterocycles. The Morgan fingerprint density at radius 1 is 1.54 bits per heavy atom. The maximum atomic E-state index is 11.4. The Kier molecular flexibility index (Phi) is 1.51. The third-order valence-corrected chi connectivity index (χ3v) is 1.74. The van der Waals surface area contributed by atoms with Gasteiger partial charge in [-0.1, -0.05) is 12.1 Å². The van der Waals surface area contributed by atoms with Gasteiger partial charge in [0.05, 0.1) is 5.10 Å². The normalized spacial score (nSPS) is 10.5. The summed E-state index contributed by atoms with van der Waals surface area (Å²) in [5.74, 6) is -0.397. The van der Waals surface area contributed by atoms with Gasteiger partial charge in [0.25, 0.3) is 0 Å². The summed E-state index contributed by atoms with van der Waals surface area (Å²) in [6.07, 6.45) is 0. The van der Waals surface area contributed by atoms with Gasteiger partial charge in [0.2, 0.25) is 11.0 Å². The van der Waals surface area contributed by atoms with Crippen LogP contribution < -0.4 is 4.85 Å². The highest BCUT2D eigenvalue weighted by Gasteiger charge is 2.15. The second-order valence-electron chi connectivity index (χ2n) is 2.67. The van der Waals surface area contributed by atoms with Crippen LogP contribution in [0.2, 0.25) is 0 Å². The van der Waals surface area contributed by atoms with Gasteiger partial charge in [-0.05, 0) is 12.1 Å². The van der Waals surface area contributed by atoms with Gasteiger partial charge >= 0.3 is 5.91 Å². The molecule has 0 spiro atoms. The summed E-state index contributed by atoms with van der Waals surface area (Å²) < 4.78 is 0. The van der Waals surface area contributed by atoms with Crippen LogP contribution in [0.5, 0.6) is 0 Å². The molecular formula is C8H7N3O2. The number of hydrogen-bond donors (Lipinski definition) is 0. The van der Waals surface area contributed by atoms with Crippen molar-refractivity contribution in [1.29, 1.82) is 0 Å². The number of benzene rings is 1. The van der Waals surface area contributed by atoms with Gasteiger partial charge in [-0.2, -0.15) is 0 Å². The molecule has 5 heteroatoms. The van der Waals surface area contributed by atoms with E-state index in [0.29, 0.717) is 15.9 Å². The molecule has 2 aromatic rings. The number of carbonyl (C=O) groups is 1. The van der Waals surface area contributed by atoms with E-state index in [-0.39, 0.29) is 0 Å². The van der Waals surface area contributed by atoms with Crippen molar-refractivity contribution in [3.63, 3.8) is 0 Å². The number of hydrogen-bond acceptors (Lipinski definition) is 3. The molecule has 0 bridgehead atoms. The zero-order valence-electron chi connectivity index (χ0n) is 6.97. The standard InChI is InChI=1S/C8H7N3O2/c1-6(12)10-9-7-4-2-3-5-8(7)11(10)13/h2-5H,1H3. The number of carbonyl (C=O) groups excluding carboxylic acids is 1. The van der Waals surface area contributed by atoms with E-state index in [1.165, 1.54) is 6.92 Å². The topological polar surface area (TPSA) is 61.8 Å². The van der Waals surface area contributed by atoms with Crippen LogP contribution in [-0.4, -0.2) is 15.8 Å². The van der Waals surface area contributed by atoms with E-state index >= 15 is 0 Å². The van der Waals surface area contributed by atoms with Crippen LogP contribution in [0.4, 0.5) is 0 Å². The minimum absolute atomic E-state index is 0.397. The summed E-state index contributed by atoms with van der Waals surface area (Å²) in [6.45, 7) is 1.29. The van der Waals surface area contributed by atoms with Gasteiger partial charge in [-0.3, -0.25) is 4.79 Å². The summed E-state index contributed by atoms with van der Waals surface area (Å²) >= 11 is 0. The van der Waals surface area contributed by atoms with E-state index in [9.17, 15) is 10.0 Å². The molecule has 13 heavy (non-hydrogen) atoms. The van der Waals surface area contributed by atoms with Crippen LogP contribution in [-0.2, 0) is 0 Å². The Morgan fingerprint density at radius 3 is 2.85 bits per heavy atom. The predicted octanol–water partition coefficient (Wildman–Crippen LogP) is 0.330. The summed E-state index contributed by atoms with van der Waals surface area (Å²) in [5.41, 5.74) is 0.922.